The van der Waals surface area contributed by atoms with Crippen molar-refractivity contribution in [2.75, 3.05) is 28.8 Å². The summed E-state index contributed by atoms with van der Waals surface area (Å²) in [4.78, 5) is 6.41. The highest BCUT2D eigenvalue weighted by Crippen LogP contribution is 2.23. The Morgan fingerprint density at radius 2 is 2.00 bits per heavy atom. The van der Waals surface area contributed by atoms with Gasteiger partial charge in [0, 0.05) is 19.1 Å². The summed E-state index contributed by atoms with van der Waals surface area (Å²) < 4.78 is 23.2. The first-order chi connectivity index (χ1) is 10.5. The van der Waals surface area contributed by atoms with Crippen LogP contribution >= 0.6 is 0 Å². The molecule has 2 fully saturated rings. The zero-order valence-corrected chi connectivity index (χ0v) is 13.7. The Morgan fingerprint density at radius 3 is 2.68 bits per heavy atom. The fourth-order valence-corrected chi connectivity index (χ4v) is 5.00. The summed E-state index contributed by atoms with van der Waals surface area (Å²) in [6.45, 7) is 0. The van der Waals surface area contributed by atoms with Gasteiger partial charge in [0.2, 0.25) is 5.95 Å². The summed E-state index contributed by atoms with van der Waals surface area (Å²) in [6, 6.07) is 0.396. The van der Waals surface area contributed by atoms with Crippen molar-refractivity contribution in [3.8, 4) is 0 Å². The van der Waals surface area contributed by atoms with Gasteiger partial charge in [0.05, 0.1) is 17.7 Å². The highest BCUT2D eigenvalue weighted by molar-refractivity contribution is 7.91. The van der Waals surface area contributed by atoms with E-state index in [1.165, 1.54) is 19.3 Å². The van der Waals surface area contributed by atoms with Crippen LogP contribution in [-0.4, -0.2) is 54.2 Å². The molecule has 1 saturated carbocycles. The van der Waals surface area contributed by atoms with E-state index in [1.54, 1.807) is 6.20 Å². The third kappa shape index (κ3) is 3.66. The van der Waals surface area contributed by atoms with Crippen molar-refractivity contribution in [2.45, 2.75) is 50.6 Å². The molecule has 1 N–H and O–H groups in total. The van der Waals surface area contributed by atoms with Crippen LogP contribution in [0.1, 0.15) is 38.5 Å². The van der Waals surface area contributed by atoms with Crippen LogP contribution in [0.3, 0.4) is 0 Å². The molecule has 1 aliphatic heterocycles. The first-order valence-electron chi connectivity index (χ1n) is 7.93. The molecular formula is C14H23N5O2S. The Bertz CT molecular complexity index is 615. The molecule has 1 saturated heterocycles. The highest BCUT2D eigenvalue weighted by Gasteiger charge is 2.31. The standard InChI is InChI=1S/C14H23N5O2S/c1-19(12-7-8-22(20,21)10-12)13-9-15-18-14(17-13)16-11-5-3-2-4-6-11/h9,11-12H,2-8,10H2,1H3,(H,16,17,18). The number of hydrogen-bond acceptors (Lipinski definition) is 7. The molecule has 1 atom stereocenters. The van der Waals surface area contributed by atoms with E-state index in [1.807, 2.05) is 11.9 Å². The third-order valence-corrected chi connectivity index (χ3v) is 6.35. The summed E-state index contributed by atoms with van der Waals surface area (Å²) in [6.07, 6.45) is 8.31. The van der Waals surface area contributed by atoms with E-state index in [-0.39, 0.29) is 17.5 Å². The topological polar surface area (TPSA) is 88.1 Å². The van der Waals surface area contributed by atoms with Gasteiger partial charge in [-0.15, -0.1) is 5.10 Å². The maximum Gasteiger partial charge on any atom is 0.244 e. The van der Waals surface area contributed by atoms with Gasteiger partial charge in [0.15, 0.2) is 15.7 Å². The largest absolute Gasteiger partial charge is 0.354 e. The molecule has 22 heavy (non-hydrogen) atoms. The number of aromatic nitrogens is 3. The van der Waals surface area contributed by atoms with Crippen LogP contribution in [0, 0.1) is 0 Å². The second kappa shape index (κ2) is 6.36. The van der Waals surface area contributed by atoms with Gasteiger partial charge in [0.1, 0.15) is 0 Å². The molecule has 8 heteroatoms. The van der Waals surface area contributed by atoms with E-state index in [2.05, 4.69) is 20.5 Å². The smallest absolute Gasteiger partial charge is 0.244 e. The van der Waals surface area contributed by atoms with Crippen LogP contribution in [0.25, 0.3) is 0 Å². The number of nitrogens with one attached hydrogen (secondary N) is 1. The van der Waals surface area contributed by atoms with Crippen molar-refractivity contribution >= 4 is 21.6 Å². The van der Waals surface area contributed by atoms with E-state index in [9.17, 15) is 8.42 Å². The zero-order chi connectivity index (χ0) is 15.6. The number of anilines is 2. The Hall–Kier alpha value is -1.44. The Morgan fingerprint density at radius 1 is 1.23 bits per heavy atom. The van der Waals surface area contributed by atoms with Gasteiger partial charge < -0.3 is 10.2 Å². The second-order valence-electron chi connectivity index (χ2n) is 6.29. The molecule has 7 nitrogen and oxygen atoms in total. The molecule has 2 aliphatic rings. The van der Waals surface area contributed by atoms with E-state index < -0.39 is 9.84 Å². The van der Waals surface area contributed by atoms with Gasteiger partial charge in [-0.3, -0.25) is 0 Å². The van der Waals surface area contributed by atoms with Crippen molar-refractivity contribution in [2.24, 2.45) is 0 Å². The normalized spacial score (nSPS) is 25.0. The second-order valence-corrected chi connectivity index (χ2v) is 8.51. The number of hydrogen-bond donors (Lipinski definition) is 1. The Labute approximate surface area is 131 Å². The summed E-state index contributed by atoms with van der Waals surface area (Å²) in [5, 5.41) is 11.4. The molecule has 3 rings (SSSR count). The SMILES string of the molecule is CN(c1cnnc(NC2CCCCC2)n1)C1CCS(=O)(=O)C1. The first-order valence-corrected chi connectivity index (χ1v) is 9.75. The van der Waals surface area contributed by atoms with Crippen LogP contribution in [0.5, 0.6) is 0 Å². The fourth-order valence-electron chi connectivity index (χ4n) is 3.22. The van der Waals surface area contributed by atoms with E-state index >= 15 is 0 Å². The quantitative estimate of drug-likeness (QED) is 0.891. The molecule has 0 amide bonds. The Kier molecular flexibility index (Phi) is 4.46. The predicted octanol–water partition coefficient (Wildman–Crippen LogP) is 1.24. The molecule has 1 unspecified atom stereocenters. The predicted molar refractivity (Wildman–Crippen MR) is 85.8 cm³/mol. The maximum atomic E-state index is 11.6. The fraction of sp³-hybridized carbons (Fsp3) is 0.786. The summed E-state index contributed by atoms with van der Waals surface area (Å²) in [5.74, 6) is 1.67. The monoisotopic (exact) mass is 325 g/mol. The first kappa shape index (κ1) is 15.5. The van der Waals surface area contributed by atoms with Crippen LogP contribution in [-0.2, 0) is 9.84 Å². The van der Waals surface area contributed by atoms with Gasteiger partial charge in [0.25, 0.3) is 0 Å². The van der Waals surface area contributed by atoms with Gasteiger partial charge in [-0.25, -0.2) is 8.42 Å². The van der Waals surface area contributed by atoms with Crippen LogP contribution < -0.4 is 10.2 Å². The van der Waals surface area contributed by atoms with Crippen LogP contribution in [0.4, 0.5) is 11.8 Å². The van der Waals surface area contributed by atoms with Crippen molar-refractivity contribution < 1.29 is 8.42 Å². The number of nitrogens with zero attached hydrogens (tertiary/aromatic N) is 4. The summed E-state index contributed by atoms with van der Waals surface area (Å²) in [7, 11) is -1.03. The van der Waals surface area contributed by atoms with Crippen molar-refractivity contribution in [1.29, 1.82) is 0 Å². The molecule has 2 heterocycles. The molecule has 1 aromatic heterocycles. The van der Waals surface area contributed by atoms with Gasteiger partial charge in [-0.2, -0.15) is 10.1 Å². The highest BCUT2D eigenvalue weighted by atomic mass is 32.2. The molecule has 0 spiro atoms. The average Bonchev–Trinajstić information content (AvgIpc) is 2.88. The average molecular weight is 325 g/mol. The van der Waals surface area contributed by atoms with Crippen LogP contribution in [0.15, 0.2) is 6.20 Å². The van der Waals surface area contributed by atoms with E-state index in [4.69, 9.17) is 0 Å². The van der Waals surface area contributed by atoms with E-state index in [0.29, 0.717) is 24.2 Å². The minimum atomic E-state index is -2.90. The number of sulfone groups is 1. The minimum Gasteiger partial charge on any atom is -0.354 e. The lowest BCUT2D eigenvalue weighted by molar-refractivity contribution is 0.460. The van der Waals surface area contributed by atoms with Gasteiger partial charge >= 0.3 is 0 Å². The van der Waals surface area contributed by atoms with Gasteiger partial charge in [-0.1, -0.05) is 19.3 Å². The van der Waals surface area contributed by atoms with E-state index in [0.717, 1.165) is 12.8 Å². The van der Waals surface area contributed by atoms with Crippen molar-refractivity contribution in [3.63, 3.8) is 0 Å². The molecular weight excluding hydrogens is 302 g/mol. The third-order valence-electron chi connectivity index (χ3n) is 4.60. The van der Waals surface area contributed by atoms with Crippen LogP contribution in [0.2, 0.25) is 0 Å². The molecule has 1 aromatic rings. The van der Waals surface area contributed by atoms with Crippen molar-refractivity contribution in [3.05, 3.63) is 6.20 Å². The minimum absolute atomic E-state index is 0.0239. The summed E-state index contributed by atoms with van der Waals surface area (Å²) >= 11 is 0. The molecule has 122 valence electrons. The lowest BCUT2D eigenvalue weighted by Crippen LogP contribution is -2.33. The lowest BCUT2D eigenvalue weighted by Gasteiger charge is -2.25. The lowest BCUT2D eigenvalue weighted by atomic mass is 9.96. The van der Waals surface area contributed by atoms with Crippen molar-refractivity contribution in [1.82, 2.24) is 15.2 Å². The molecule has 1 aliphatic carbocycles. The maximum absolute atomic E-state index is 11.6. The zero-order valence-electron chi connectivity index (χ0n) is 12.9. The van der Waals surface area contributed by atoms with Gasteiger partial charge in [-0.05, 0) is 19.3 Å². The molecule has 0 bridgehead atoms. The Balaban J connectivity index is 1.67. The number of rotatable bonds is 4. The summed E-state index contributed by atoms with van der Waals surface area (Å²) in [5.41, 5.74) is 0. The molecule has 0 aromatic carbocycles. The molecule has 0 radical (unpaired) electrons.